The molecule has 112 valence electrons. The molecule has 3 heterocycles. The van der Waals surface area contributed by atoms with E-state index >= 15 is 0 Å². The number of imidazole rings is 1. The van der Waals surface area contributed by atoms with Gasteiger partial charge in [-0.15, -0.1) is 0 Å². The number of piperidine rings is 1. The third kappa shape index (κ3) is 3.23. The molecule has 0 aromatic carbocycles. The number of anilines is 1. The Morgan fingerprint density at radius 2 is 1.95 bits per heavy atom. The van der Waals surface area contributed by atoms with Crippen LogP contribution >= 0.6 is 0 Å². The fraction of sp³-hybridized carbons (Fsp3) is 0.562. The molecule has 5 heteroatoms. The second-order valence-corrected chi connectivity index (χ2v) is 6.03. The fourth-order valence-electron chi connectivity index (χ4n) is 3.12. The minimum absolute atomic E-state index is 0.635. The van der Waals surface area contributed by atoms with Crippen LogP contribution in [0.5, 0.6) is 0 Å². The van der Waals surface area contributed by atoms with Gasteiger partial charge >= 0.3 is 0 Å². The molecule has 0 saturated carbocycles. The standard InChI is InChI=1S/C16H23N5/c1-12-9-13(2)19-16(18-12)21-7-4-5-15(11-21)10-20-8-6-17-14(20)3/h6,8-9,15H,4-5,7,10-11H2,1-3H3/t15-/m1/s1. The van der Waals surface area contributed by atoms with E-state index in [4.69, 9.17) is 0 Å². The summed E-state index contributed by atoms with van der Waals surface area (Å²) in [4.78, 5) is 15.8. The van der Waals surface area contributed by atoms with Gasteiger partial charge in [-0.25, -0.2) is 15.0 Å². The second-order valence-electron chi connectivity index (χ2n) is 6.03. The highest BCUT2D eigenvalue weighted by atomic mass is 15.3. The van der Waals surface area contributed by atoms with Crippen molar-refractivity contribution in [3.05, 3.63) is 35.7 Å². The molecule has 0 aliphatic carbocycles. The van der Waals surface area contributed by atoms with Crippen LogP contribution in [0.3, 0.4) is 0 Å². The first-order chi connectivity index (χ1) is 10.1. The lowest BCUT2D eigenvalue weighted by Gasteiger charge is -2.33. The zero-order valence-electron chi connectivity index (χ0n) is 13.1. The minimum atomic E-state index is 0.635. The van der Waals surface area contributed by atoms with Crippen molar-refractivity contribution in [2.45, 2.75) is 40.2 Å². The molecule has 3 rings (SSSR count). The molecule has 1 aliphatic heterocycles. The summed E-state index contributed by atoms with van der Waals surface area (Å²) in [6, 6.07) is 2.03. The molecule has 0 radical (unpaired) electrons. The van der Waals surface area contributed by atoms with E-state index in [1.807, 2.05) is 26.1 Å². The van der Waals surface area contributed by atoms with Crippen LogP contribution in [0.1, 0.15) is 30.1 Å². The van der Waals surface area contributed by atoms with Crippen LogP contribution in [0.2, 0.25) is 0 Å². The molecule has 2 aromatic rings. The Hall–Kier alpha value is -1.91. The molecule has 0 N–H and O–H groups in total. The number of hydrogen-bond acceptors (Lipinski definition) is 4. The van der Waals surface area contributed by atoms with Crippen LogP contribution < -0.4 is 4.90 Å². The van der Waals surface area contributed by atoms with Crippen LogP contribution in [-0.4, -0.2) is 32.6 Å². The molecular weight excluding hydrogens is 262 g/mol. The number of nitrogens with zero attached hydrogens (tertiary/aromatic N) is 5. The Morgan fingerprint density at radius 3 is 2.62 bits per heavy atom. The molecule has 0 amide bonds. The molecule has 0 unspecified atom stereocenters. The van der Waals surface area contributed by atoms with Gasteiger partial charge < -0.3 is 9.47 Å². The van der Waals surface area contributed by atoms with Crippen molar-refractivity contribution in [3.63, 3.8) is 0 Å². The van der Waals surface area contributed by atoms with E-state index in [1.165, 1.54) is 12.8 Å². The predicted molar refractivity (Wildman–Crippen MR) is 83.4 cm³/mol. The van der Waals surface area contributed by atoms with Crippen molar-refractivity contribution in [1.29, 1.82) is 0 Å². The Kier molecular flexibility index (Phi) is 3.90. The molecule has 0 spiro atoms. The Morgan fingerprint density at radius 1 is 1.19 bits per heavy atom. The van der Waals surface area contributed by atoms with Crippen molar-refractivity contribution < 1.29 is 0 Å². The van der Waals surface area contributed by atoms with Crippen LogP contribution in [0.4, 0.5) is 5.95 Å². The minimum Gasteiger partial charge on any atom is -0.340 e. The van der Waals surface area contributed by atoms with Gasteiger partial charge in [-0.3, -0.25) is 0 Å². The Balaban J connectivity index is 1.72. The van der Waals surface area contributed by atoms with Crippen LogP contribution in [0.15, 0.2) is 18.5 Å². The topological polar surface area (TPSA) is 46.8 Å². The van der Waals surface area contributed by atoms with Crippen molar-refractivity contribution >= 4 is 5.95 Å². The molecule has 2 aromatic heterocycles. The zero-order valence-corrected chi connectivity index (χ0v) is 13.1. The van der Waals surface area contributed by atoms with Crippen LogP contribution in [0, 0.1) is 26.7 Å². The molecule has 1 atom stereocenters. The molecule has 1 aliphatic rings. The van der Waals surface area contributed by atoms with E-state index in [0.29, 0.717) is 5.92 Å². The fourth-order valence-corrected chi connectivity index (χ4v) is 3.12. The smallest absolute Gasteiger partial charge is 0.225 e. The van der Waals surface area contributed by atoms with Crippen molar-refractivity contribution in [2.75, 3.05) is 18.0 Å². The van der Waals surface area contributed by atoms with Gasteiger partial charge in [0.2, 0.25) is 5.95 Å². The normalized spacial score (nSPS) is 19.0. The average Bonchev–Trinajstić information content (AvgIpc) is 2.84. The average molecular weight is 285 g/mol. The summed E-state index contributed by atoms with van der Waals surface area (Å²) in [5, 5.41) is 0. The quantitative estimate of drug-likeness (QED) is 0.869. The van der Waals surface area contributed by atoms with Gasteiger partial charge in [0.25, 0.3) is 0 Å². The van der Waals surface area contributed by atoms with Gasteiger partial charge in [0.05, 0.1) is 0 Å². The molecule has 21 heavy (non-hydrogen) atoms. The molecule has 1 fully saturated rings. The van der Waals surface area contributed by atoms with Crippen molar-refractivity contribution in [2.24, 2.45) is 5.92 Å². The third-order valence-electron chi connectivity index (χ3n) is 4.15. The first kappa shape index (κ1) is 14.0. The highest BCUT2D eigenvalue weighted by molar-refractivity contribution is 5.32. The molecule has 5 nitrogen and oxygen atoms in total. The number of aryl methyl sites for hydroxylation is 3. The summed E-state index contributed by atoms with van der Waals surface area (Å²) in [7, 11) is 0. The molecular formula is C16H23N5. The summed E-state index contributed by atoms with van der Waals surface area (Å²) in [6.45, 7) is 9.26. The van der Waals surface area contributed by atoms with E-state index in [2.05, 4.69) is 37.5 Å². The largest absolute Gasteiger partial charge is 0.340 e. The third-order valence-corrected chi connectivity index (χ3v) is 4.15. The summed E-state index contributed by atoms with van der Waals surface area (Å²) in [5.74, 6) is 2.62. The van der Waals surface area contributed by atoms with E-state index in [-0.39, 0.29) is 0 Å². The maximum absolute atomic E-state index is 4.60. The lowest BCUT2D eigenvalue weighted by molar-refractivity contribution is 0.361. The van der Waals surface area contributed by atoms with Crippen LogP contribution in [-0.2, 0) is 6.54 Å². The van der Waals surface area contributed by atoms with Crippen LogP contribution in [0.25, 0.3) is 0 Å². The maximum Gasteiger partial charge on any atom is 0.225 e. The van der Waals surface area contributed by atoms with Crippen molar-refractivity contribution in [3.8, 4) is 0 Å². The SMILES string of the molecule is Cc1cc(C)nc(N2CCC[C@H](Cn3ccnc3C)C2)n1. The van der Waals surface area contributed by atoms with E-state index in [9.17, 15) is 0 Å². The van der Waals surface area contributed by atoms with E-state index in [1.54, 1.807) is 0 Å². The summed E-state index contributed by atoms with van der Waals surface area (Å²) in [6.07, 6.45) is 6.41. The summed E-state index contributed by atoms with van der Waals surface area (Å²) < 4.78 is 2.25. The highest BCUT2D eigenvalue weighted by Gasteiger charge is 2.22. The van der Waals surface area contributed by atoms with Gasteiger partial charge in [0, 0.05) is 43.4 Å². The monoisotopic (exact) mass is 285 g/mol. The highest BCUT2D eigenvalue weighted by Crippen LogP contribution is 2.22. The Labute approximate surface area is 126 Å². The van der Waals surface area contributed by atoms with Gasteiger partial charge in [0.15, 0.2) is 0 Å². The number of hydrogen-bond donors (Lipinski definition) is 0. The first-order valence-corrected chi connectivity index (χ1v) is 7.67. The van der Waals surface area contributed by atoms with E-state index < -0.39 is 0 Å². The Bertz CT molecular complexity index is 599. The van der Waals surface area contributed by atoms with Gasteiger partial charge in [-0.05, 0) is 45.6 Å². The van der Waals surface area contributed by atoms with Gasteiger partial charge in [-0.1, -0.05) is 0 Å². The number of aromatic nitrogens is 4. The number of rotatable bonds is 3. The maximum atomic E-state index is 4.60. The molecule has 1 saturated heterocycles. The van der Waals surface area contributed by atoms with Crippen molar-refractivity contribution in [1.82, 2.24) is 19.5 Å². The predicted octanol–water partition coefficient (Wildman–Crippen LogP) is 2.51. The first-order valence-electron chi connectivity index (χ1n) is 7.67. The lowest BCUT2D eigenvalue weighted by Crippen LogP contribution is -2.38. The van der Waals surface area contributed by atoms with E-state index in [0.717, 1.165) is 42.8 Å². The lowest BCUT2D eigenvalue weighted by atomic mass is 9.98. The van der Waals surface area contributed by atoms with Gasteiger partial charge in [0.1, 0.15) is 5.82 Å². The van der Waals surface area contributed by atoms with Gasteiger partial charge in [-0.2, -0.15) is 0 Å². The zero-order chi connectivity index (χ0) is 14.8. The molecule has 0 bridgehead atoms. The summed E-state index contributed by atoms with van der Waals surface area (Å²) >= 11 is 0. The summed E-state index contributed by atoms with van der Waals surface area (Å²) in [5.41, 5.74) is 2.09. The second kappa shape index (κ2) is 5.84.